The number of fused-ring (bicyclic) bond motifs is 4. The quantitative estimate of drug-likeness (QED) is 0.337. The summed E-state index contributed by atoms with van der Waals surface area (Å²) in [7, 11) is 0. The molecule has 1 N–H and O–H groups in total. The summed E-state index contributed by atoms with van der Waals surface area (Å²) in [4.78, 5) is 37.7. The molecule has 0 aliphatic heterocycles. The molecule has 0 amide bonds. The molecule has 0 radical (unpaired) electrons. The summed E-state index contributed by atoms with van der Waals surface area (Å²) in [6.45, 7) is -0.0134. The monoisotopic (exact) mass is 460 g/mol. The van der Waals surface area contributed by atoms with Crippen LogP contribution in [-0.4, -0.2) is 38.0 Å². The van der Waals surface area contributed by atoms with Gasteiger partial charge in [0.1, 0.15) is 12.4 Å². The van der Waals surface area contributed by atoms with Crippen molar-refractivity contribution in [2.24, 2.45) is 0 Å². The van der Waals surface area contributed by atoms with Crippen LogP contribution in [0.15, 0.2) is 91.3 Å². The molecule has 0 fully saturated rings. The van der Waals surface area contributed by atoms with E-state index >= 15 is 0 Å². The van der Waals surface area contributed by atoms with Gasteiger partial charge in [-0.05, 0) is 42.5 Å². The second kappa shape index (κ2) is 8.53. The molecule has 0 unspecified atom stereocenters. The Labute approximate surface area is 200 Å². The standard InChI is InChI=1S/C28H20N4O3/c33-26(32-24-9-3-1-7-20(24)21-8-2-4-10-25(21)32)13-15-35-28(34)18-11-12-22-23(16-18)31-27(30-22)19-6-5-14-29-17-19/h1-12,14,16-17H,13,15H2,(H,30,31). The Morgan fingerprint density at radius 3 is 2.34 bits per heavy atom. The van der Waals surface area contributed by atoms with E-state index in [1.807, 2.05) is 60.7 Å². The third-order valence-electron chi connectivity index (χ3n) is 6.03. The van der Waals surface area contributed by atoms with E-state index < -0.39 is 5.97 Å². The number of esters is 1. The lowest BCUT2D eigenvalue weighted by Crippen LogP contribution is -2.15. The lowest BCUT2D eigenvalue weighted by atomic mass is 10.2. The Morgan fingerprint density at radius 1 is 0.886 bits per heavy atom. The van der Waals surface area contributed by atoms with Gasteiger partial charge in [0.15, 0.2) is 0 Å². The van der Waals surface area contributed by atoms with Crippen LogP contribution in [0.1, 0.15) is 21.6 Å². The molecule has 0 bridgehead atoms. The Kier molecular flexibility index (Phi) is 5.07. The molecule has 35 heavy (non-hydrogen) atoms. The van der Waals surface area contributed by atoms with E-state index in [-0.39, 0.29) is 18.9 Å². The van der Waals surface area contributed by atoms with Crippen molar-refractivity contribution >= 4 is 44.7 Å². The van der Waals surface area contributed by atoms with Crippen LogP contribution in [0.4, 0.5) is 0 Å². The van der Waals surface area contributed by atoms with Gasteiger partial charge >= 0.3 is 5.97 Å². The first-order valence-electron chi connectivity index (χ1n) is 11.3. The topological polar surface area (TPSA) is 89.9 Å². The van der Waals surface area contributed by atoms with Gasteiger partial charge in [-0.15, -0.1) is 0 Å². The molecule has 6 aromatic rings. The number of nitrogens with one attached hydrogen (secondary N) is 1. The minimum absolute atomic E-state index is 0.0134. The largest absolute Gasteiger partial charge is 0.462 e. The lowest BCUT2D eigenvalue weighted by Gasteiger charge is -2.07. The second-order valence-corrected chi connectivity index (χ2v) is 8.21. The van der Waals surface area contributed by atoms with Crippen molar-refractivity contribution in [3.63, 3.8) is 0 Å². The molecule has 6 rings (SSSR count). The summed E-state index contributed by atoms with van der Waals surface area (Å²) >= 11 is 0. The first-order chi connectivity index (χ1) is 17.2. The molecule has 0 spiro atoms. The van der Waals surface area contributed by atoms with Crippen molar-refractivity contribution in [2.45, 2.75) is 6.42 Å². The van der Waals surface area contributed by atoms with Crippen molar-refractivity contribution in [3.05, 3.63) is 96.8 Å². The lowest BCUT2D eigenvalue weighted by molar-refractivity contribution is 0.0490. The Morgan fingerprint density at radius 2 is 1.63 bits per heavy atom. The summed E-state index contributed by atoms with van der Waals surface area (Å²) in [5.74, 6) is 0.0650. The summed E-state index contributed by atoms with van der Waals surface area (Å²) in [5, 5.41) is 2.04. The Balaban J connectivity index is 1.18. The van der Waals surface area contributed by atoms with Crippen LogP contribution in [0.3, 0.4) is 0 Å². The highest BCUT2D eigenvalue weighted by Gasteiger charge is 2.17. The SMILES string of the molecule is O=C(OCCC(=O)n1c2ccccc2c2ccccc21)c1ccc2nc(-c3cccnc3)[nH]c2c1. The van der Waals surface area contributed by atoms with Gasteiger partial charge in [0.05, 0.1) is 34.1 Å². The number of pyridine rings is 1. The fourth-order valence-electron chi connectivity index (χ4n) is 4.39. The van der Waals surface area contributed by atoms with Crippen LogP contribution in [0, 0.1) is 0 Å². The van der Waals surface area contributed by atoms with E-state index in [0.717, 1.165) is 38.4 Å². The zero-order valence-corrected chi connectivity index (χ0v) is 18.6. The van der Waals surface area contributed by atoms with Crippen molar-refractivity contribution in [1.82, 2.24) is 19.5 Å². The van der Waals surface area contributed by atoms with Crippen molar-refractivity contribution in [2.75, 3.05) is 6.61 Å². The molecule has 0 aliphatic carbocycles. The number of H-pyrrole nitrogens is 1. The number of aromatic amines is 1. The average Bonchev–Trinajstić information content (AvgIpc) is 3.48. The smallest absolute Gasteiger partial charge is 0.338 e. The minimum Gasteiger partial charge on any atom is -0.462 e. The second-order valence-electron chi connectivity index (χ2n) is 8.21. The van der Waals surface area contributed by atoms with Gasteiger partial charge in [-0.25, -0.2) is 9.78 Å². The summed E-state index contributed by atoms with van der Waals surface area (Å²) in [6, 6.07) is 24.5. The van der Waals surface area contributed by atoms with Crippen molar-refractivity contribution < 1.29 is 14.3 Å². The molecule has 0 saturated heterocycles. The molecule has 3 aromatic carbocycles. The number of hydrogen-bond acceptors (Lipinski definition) is 5. The molecule has 0 saturated carbocycles. The van der Waals surface area contributed by atoms with E-state index in [1.165, 1.54) is 0 Å². The maximum absolute atomic E-state index is 13.1. The number of para-hydroxylation sites is 2. The van der Waals surface area contributed by atoms with Crippen LogP contribution in [-0.2, 0) is 4.74 Å². The van der Waals surface area contributed by atoms with Crippen LogP contribution in [0.25, 0.3) is 44.2 Å². The van der Waals surface area contributed by atoms with Crippen LogP contribution < -0.4 is 0 Å². The van der Waals surface area contributed by atoms with Crippen LogP contribution in [0.5, 0.6) is 0 Å². The van der Waals surface area contributed by atoms with E-state index in [0.29, 0.717) is 11.4 Å². The van der Waals surface area contributed by atoms with E-state index in [2.05, 4.69) is 15.0 Å². The Hall–Kier alpha value is -4.78. The zero-order valence-electron chi connectivity index (χ0n) is 18.6. The van der Waals surface area contributed by atoms with Crippen LogP contribution >= 0.6 is 0 Å². The summed E-state index contributed by atoms with van der Waals surface area (Å²) in [6.07, 6.45) is 3.50. The number of carbonyl (C=O) groups excluding carboxylic acids is 2. The van der Waals surface area contributed by atoms with E-state index in [1.54, 1.807) is 35.2 Å². The fourth-order valence-corrected chi connectivity index (χ4v) is 4.39. The molecule has 3 aromatic heterocycles. The van der Waals surface area contributed by atoms with Crippen molar-refractivity contribution in [3.8, 4) is 11.4 Å². The third kappa shape index (κ3) is 3.73. The molecule has 3 heterocycles. The Bertz CT molecular complexity index is 1660. The van der Waals surface area contributed by atoms with Gasteiger partial charge in [-0.2, -0.15) is 0 Å². The first-order valence-corrected chi connectivity index (χ1v) is 11.3. The molecular weight excluding hydrogens is 440 g/mol. The van der Waals surface area contributed by atoms with E-state index in [4.69, 9.17) is 4.74 Å². The summed E-state index contributed by atoms with van der Waals surface area (Å²) < 4.78 is 7.15. The highest BCUT2D eigenvalue weighted by Crippen LogP contribution is 2.29. The minimum atomic E-state index is -0.487. The van der Waals surface area contributed by atoms with Gasteiger partial charge < -0.3 is 9.72 Å². The predicted octanol–water partition coefficient (Wildman–Crippen LogP) is 5.62. The number of imidazole rings is 1. The van der Waals surface area contributed by atoms with Crippen molar-refractivity contribution in [1.29, 1.82) is 0 Å². The normalized spacial score (nSPS) is 11.3. The average molecular weight is 460 g/mol. The number of carbonyl (C=O) groups is 2. The number of benzene rings is 3. The van der Waals surface area contributed by atoms with Gasteiger partial charge in [0.25, 0.3) is 0 Å². The van der Waals surface area contributed by atoms with Gasteiger partial charge in [-0.3, -0.25) is 14.3 Å². The highest BCUT2D eigenvalue weighted by atomic mass is 16.5. The summed E-state index contributed by atoms with van der Waals surface area (Å²) in [5.41, 5.74) is 4.40. The highest BCUT2D eigenvalue weighted by molar-refractivity contribution is 6.13. The predicted molar refractivity (Wildman–Crippen MR) is 134 cm³/mol. The van der Waals surface area contributed by atoms with Gasteiger partial charge in [0, 0.05) is 28.7 Å². The van der Waals surface area contributed by atoms with Gasteiger partial charge in [-0.1, -0.05) is 36.4 Å². The molecule has 7 nitrogen and oxygen atoms in total. The molecule has 170 valence electrons. The maximum Gasteiger partial charge on any atom is 0.338 e. The first kappa shape index (κ1) is 20.8. The van der Waals surface area contributed by atoms with Gasteiger partial charge in [0.2, 0.25) is 5.91 Å². The number of aromatic nitrogens is 4. The maximum atomic E-state index is 13.1. The third-order valence-corrected chi connectivity index (χ3v) is 6.03. The number of ether oxygens (including phenoxy) is 1. The molecular formula is C28H20N4O3. The number of nitrogens with zero attached hydrogens (tertiary/aromatic N) is 3. The van der Waals surface area contributed by atoms with Crippen LogP contribution in [0.2, 0.25) is 0 Å². The van der Waals surface area contributed by atoms with E-state index in [9.17, 15) is 9.59 Å². The molecule has 7 heteroatoms. The number of hydrogen-bond donors (Lipinski definition) is 1. The zero-order chi connectivity index (χ0) is 23.8. The fraction of sp³-hybridized carbons (Fsp3) is 0.0714. The number of rotatable bonds is 5. The molecule has 0 atom stereocenters. The molecule has 0 aliphatic rings.